The van der Waals surface area contributed by atoms with Gasteiger partial charge in [-0.15, -0.1) is 0 Å². The van der Waals surface area contributed by atoms with Crippen LogP contribution >= 0.6 is 11.6 Å². The van der Waals surface area contributed by atoms with Gasteiger partial charge in [-0.3, -0.25) is 4.90 Å². The van der Waals surface area contributed by atoms with Crippen molar-refractivity contribution < 1.29 is 13.7 Å². The molecule has 0 bridgehead atoms. The van der Waals surface area contributed by atoms with Crippen molar-refractivity contribution in [2.75, 3.05) is 19.7 Å². The average Bonchev–Trinajstić information content (AvgIpc) is 3.28. The summed E-state index contributed by atoms with van der Waals surface area (Å²) in [5, 5.41) is 4.45. The van der Waals surface area contributed by atoms with E-state index < -0.39 is 0 Å². The monoisotopic (exact) mass is 337 g/mol. The summed E-state index contributed by atoms with van der Waals surface area (Å²) in [5.41, 5.74) is 0.810. The van der Waals surface area contributed by atoms with Crippen LogP contribution in [-0.2, 0) is 11.3 Å². The molecular weight excluding hydrogens is 321 g/mol. The third-order valence-corrected chi connectivity index (χ3v) is 4.56. The molecule has 0 spiro atoms. The van der Waals surface area contributed by atoms with Crippen molar-refractivity contribution in [2.45, 2.75) is 31.4 Å². The Hall–Kier alpha value is -1.50. The zero-order valence-electron chi connectivity index (χ0n) is 12.5. The van der Waals surface area contributed by atoms with Crippen LogP contribution in [0.3, 0.4) is 0 Å². The molecule has 0 N–H and O–H groups in total. The molecule has 1 aromatic heterocycles. The first-order valence-electron chi connectivity index (χ1n) is 7.80. The normalized spacial score (nSPS) is 22.4. The predicted molar refractivity (Wildman–Crippen MR) is 81.7 cm³/mol. The van der Waals surface area contributed by atoms with E-state index in [0.717, 1.165) is 30.8 Å². The van der Waals surface area contributed by atoms with Gasteiger partial charge in [-0.05, 0) is 25.0 Å². The van der Waals surface area contributed by atoms with E-state index in [0.29, 0.717) is 36.5 Å². The van der Waals surface area contributed by atoms with Crippen molar-refractivity contribution >= 4 is 11.6 Å². The zero-order chi connectivity index (χ0) is 15.8. The van der Waals surface area contributed by atoms with Crippen LogP contribution in [0.2, 0.25) is 5.02 Å². The molecular formula is C16H17ClFN3O2. The lowest BCUT2D eigenvalue weighted by Gasteiger charge is -2.32. The smallest absolute Gasteiger partial charge is 0.229 e. The molecule has 1 saturated heterocycles. The van der Waals surface area contributed by atoms with Crippen LogP contribution in [-0.4, -0.2) is 34.7 Å². The minimum atomic E-state index is -0.342. The van der Waals surface area contributed by atoms with Gasteiger partial charge in [-0.2, -0.15) is 4.98 Å². The highest BCUT2D eigenvalue weighted by molar-refractivity contribution is 6.31. The Morgan fingerprint density at radius 1 is 1.35 bits per heavy atom. The number of halogens is 2. The van der Waals surface area contributed by atoms with Crippen molar-refractivity contribution in [3.8, 4) is 0 Å². The Labute approximate surface area is 138 Å². The number of nitrogens with zero attached hydrogens (tertiary/aromatic N) is 3. The van der Waals surface area contributed by atoms with Crippen LogP contribution in [0.5, 0.6) is 0 Å². The van der Waals surface area contributed by atoms with Gasteiger partial charge in [0.2, 0.25) is 5.89 Å². The molecule has 2 fully saturated rings. The standard InChI is InChI=1S/C16H17ClFN3O2/c17-13-7-11(18)3-4-12(13)14-8-21(5-6-22-14)9-15-19-16(23-20-15)10-1-2-10/h3-4,7,10,14H,1-2,5-6,8-9H2. The van der Waals surface area contributed by atoms with Crippen LogP contribution in [0, 0.1) is 5.82 Å². The number of rotatable bonds is 4. The molecule has 122 valence electrons. The van der Waals surface area contributed by atoms with E-state index in [1.807, 2.05) is 0 Å². The fourth-order valence-corrected chi connectivity index (χ4v) is 3.11. The zero-order valence-corrected chi connectivity index (χ0v) is 13.3. The summed E-state index contributed by atoms with van der Waals surface area (Å²) in [6, 6.07) is 4.41. The Kier molecular flexibility index (Phi) is 4.05. The first kappa shape index (κ1) is 15.1. The molecule has 1 unspecified atom stereocenters. The maximum atomic E-state index is 13.2. The number of benzene rings is 1. The Morgan fingerprint density at radius 3 is 3.00 bits per heavy atom. The van der Waals surface area contributed by atoms with E-state index in [1.165, 1.54) is 12.1 Å². The average molecular weight is 338 g/mol. The van der Waals surface area contributed by atoms with Gasteiger partial charge in [0.1, 0.15) is 5.82 Å². The maximum Gasteiger partial charge on any atom is 0.229 e. The molecule has 23 heavy (non-hydrogen) atoms. The molecule has 0 amide bonds. The number of hydrogen-bond acceptors (Lipinski definition) is 5. The first-order chi connectivity index (χ1) is 11.2. The number of aromatic nitrogens is 2. The van der Waals surface area contributed by atoms with E-state index in [9.17, 15) is 4.39 Å². The highest BCUT2D eigenvalue weighted by Gasteiger charge is 2.30. The molecule has 4 rings (SSSR count). The summed E-state index contributed by atoms with van der Waals surface area (Å²) in [5.74, 6) is 1.58. The van der Waals surface area contributed by atoms with Crippen LogP contribution in [0.15, 0.2) is 22.7 Å². The van der Waals surface area contributed by atoms with Crippen LogP contribution < -0.4 is 0 Å². The summed E-state index contributed by atoms with van der Waals surface area (Å²) in [4.78, 5) is 6.66. The van der Waals surface area contributed by atoms with Crippen molar-refractivity contribution in [3.63, 3.8) is 0 Å². The summed E-state index contributed by atoms with van der Waals surface area (Å²) < 4.78 is 24.3. The van der Waals surface area contributed by atoms with Crippen molar-refractivity contribution in [3.05, 3.63) is 46.3 Å². The Balaban J connectivity index is 1.43. The van der Waals surface area contributed by atoms with E-state index in [-0.39, 0.29) is 11.9 Å². The Morgan fingerprint density at radius 2 is 2.22 bits per heavy atom. The van der Waals surface area contributed by atoms with E-state index in [2.05, 4.69) is 15.0 Å². The second-order valence-corrected chi connectivity index (χ2v) is 6.49. The van der Waals surface area contributed by atoms with E-state index in [1.54, 1.807) is 6.07 Å². The van der Waals surface area contributed by atoms with Crippen molar-refractivity contribution in [1.29, 1.82) is 0 Å². The Bertz CT molecular complexity index is 704. The lowest BCUT2D eigenvalue weighted by Crippen LogP contribution is -2.38. The second kappa shape index (κ2) is 6.19. The molecule has 2 heterocycles. The minimum absolute atomic E-state index is 0.174. The fourth-order valence-electron chi connectivity index (χ4n) is 2.82. The van der Waals surface area contributed by atoms with Gasteiger partial charge in [-0.1, -0.05) is 22.8 Å². The molecule has 1 aliphatic heterocycles. The molecule has 1 aliphatic carbocycles. The third kappa shape index (κ3) is 3.39. The number of morpholine rings is 1. The summed E-state index contributed by atoms with van der Waals surface area (Å²) in [6.07, 6.45) is 2.11. The summed E-state index contributed by atoms with van der Waals surface area (Å²) >= 11 is 6.14. The molecule has 1 saturated carbocycles. The van der Waals surface area contributed by atoms with Gasteiger partial charge in [-0.25, -0.2) is 4.39 Å². The van der Waals surface area contributed by atoms with Crippen molar-refractivity contribution in [2.24, 2.45) is 0 Å². The van der Waals surface area contributed by atoms with Gasteiger partial charge in [0.05, 0.1) is 19.3 Å². The highest BCUT2D eigenvalue weighted by atomic mass is 35.5. The predicted octanol–water partition coefficient (Wildman–Crippen LogP) is 3.31. The van der Waals surface area contributed by atoms with E-state index >= 15 is 0 Å². The van der Waals surface area contributed by atoms with E-state index in [4.69, 9.17) is 20.9 Å². The maximum absolute atomic E-state index is 13.2. The quantitative estimate of drug-likeness (QED) is 0.856. The summed E-state index contributed by atoms with van der Waals surface area (Å²) in [7, 11) is 0. The molecule has 1 aromatic carbocycles. The van der Waals surface area contributed by atoms with Crippen LogP contribution in [0.4, 0.5) is 4.39 Å². The molecule has 2 aliphatic rings. The minimum Gasteiger partial charge on any atom is -0.371 e. The summed E-state index contributed by atoms with van der Waals surface area (Å²) in [6.45, 7) is 2.67. The van der Waals surface area contributed by atoms with Crippen molar-refractivity contribution in [1.82, 2.24) is 15.0 Å². The first-order valence-corrected chi connectivity index (χ1v) is 8.18. The largest absolute Gasteiger partial charge is 0.371 e. The third-order valence-electron chi connectivity index (χ3n) is 4.24. The fraction of sp³-hybridized carbons (Fsp3) is 0.500. The topological polar surface area (TPSA) is 51.4 Å². The molecule has 5 nitrogen and oxygen atoms in total. The van der Waals surface area contributed by atoms with Crippen LogP contribution in [0.25, 0.3) is 0 Å². The molecule has 1 atom stereocenters. The van der Waals surface area contributed by atoms with Crippen LogP contribution in [0.1, 0.15) is 42.1 Å². The molecule has 7 heteroatoms. The highest BCUT2D eigenvalue weighted by Crippen LogP contribution is 2.39. The van der Waals surface area contributed by atoms with Gasteiger partial charge in [0, 0.05) is 29.6 Å². The number of hydrogen-bond donors (Lipinski definition) is 0. The van der Waals surface area contributed by atoms with Gasteiger partial charge in [0.15, 0.2) is 5.82 Å². The molecule has 0 radical (unpaired) electrons. The molecule has 2 aromatic rings. The number of ether oxygens (including phenoxy) is 1. The lowest BCUT2D eigenvalue weighted by molar-refractivity contribution is -0.0338. The SMILES string of the molecule is Fc1ccc(C2CN(Cc3noc(C4CC4)n3)CCO2)c(Cl)c1. The van der Waals surface area contributed by atoms with Gasteiger partial charge >= 0.3 is 0 Å². The van der Waals surface area contributed by atoms with Gasteiger partial charge in [0.25, 0.3) is 0 Å². The van der Waals surface area contributed by atoms with Gasteiger partial charge < -0.3 is 9.26 Å². The second-order valence-electron chi connectivity index (χ2n) is 6.08. The lowest BCUT2D eigenvalue weighted by atomic mass is 10.1.